The molecule has 6 heteroatoms. The summed E-state index contributed by atoms with van der Waals surface area (Å²) in [6.45, 7) is 4.13. The predicted octanol–water partition coefficient (Wildman–Crippen LogP) is 2.62. The minimum atomic E-state index is -0.128. The van der Waals surface area contributed by atoms with Gasteiger partial charge in [0.2, 0.25) is 0 Å². The van der Waals surface area contributed by atoms with Gasteiger partial charge in [0.1, 0.15) is 0 Å². The van der Waals surface area contributed by atoms with Crippen LogP contribution < -0.4 is 5.32 Å². The summed E-state index contributed by atoms with van der Waals surface area (Å²) in [6, 6.07) is 10.3. The fraction of sp³-hybridized carbons (Fsp3) is 0.667. The Morgan fingerprint density at radius 1 is 1.26 bits per heavy atom. The summed E-state index contributed by atoms with van der Waals surface area (Å²) >= 11 is 0. The third kappa shape index (κ3) is 5.92. The van der Waals surface area contributed by atoms with E-state index in [4.69, 9.17) is 14.2 Å². The Balaban J connectivity index is 1.39. The van der Waals surface area contributed by atoms with E-state index in [-0.39, 0.29) is 17.7 Å². The first-order valence-electron chi connectivity index (χ1n) is 10.0. The predicted molar refractivity (Wildman–Crippen MR) is 104 cm³/mol. The van der Waals surface area contributed by atoms with E-state index >= 15 is 0 Å². The van der Waals surface area contributed by atoms with Crippen molar-refractivity contribution in [3.63, 3.8) is 0 Å². The van der Waals surface area contributed by atoms with Gasteiger partial charge < -0.3 is 24.4 Å². The lowest BCUT2D eigenvalue weighted by Crippen LogP contribution is -2.54. The maximum absolute atomic E-state index is 12.4. The molecular weight excluding hydrogens is 344 g/mol. The minimum Gasteiger partial charge on any atom is -0.382 e. The van der Waals surface area contributed by atoms with Crippen LogP contribution in [-0.2, 0) is 20.6 Å². The Hall–Kier alpha value is -1.63. The van der Waals surface area contributed by atoms with Crippen LogP contribution in [-0.4, -0.2) is 69.2 Å². The highest BCUT2D eigenvalue weighted by molar-refractivity contribution is 5.74. The molecule has 2 aliphatic heterocycles. The summed E-state index contributed by atoms with van der Waals surface area (Å²) in [4.78, 5) is 14.3. The molecule has 2 saturated heterocycles. The van der Waals surface area contributed by atoms with Crippen molar-refractivity contribution in [3.05, 3.63) is 35.9 Å². The number of rotatable bonds is 7. The second-order valence-electron chi connectivity index (χ2n) is 7.46. The maximum atomic E-state index is 12.4. The molecular formula is C21H32N2O4. The van der Waals surface area contributed by atoms with Crippen LogP contribution in [0, 0.1) is 0 Å². The molecule has 1 spiro atoms. The molecule has 2 amide bonds. The summed E-state index contributed by atoms with van der Waals surface area (Å²) in [5.41, 5.74) is 1.11. The number of benzene rings is 1. The second kappa shape index (κ2) is 10.1. The molecule has 1 atom stereocenters. The van der Waals surface area contributed by atoms with Crippen LogP contribution in [0.15, 0.2) is 30.3 Å². The molecule has 0 bridgehead atoms. The molecule has 6 nitrogen and oxygen atoms in total. The van der Waals surface area contributed by atoms with Gasteiger partial charge in [0.05, 0.1) is 24.9 Å². The second-order valence-corrected chi connectivity index (χ2v) is 7.46. The van der Waals surface area contributed by atoms with Crippen LogP contribution in [0.2, 0.25) is 0 Å². The number of methoxy groups -OCH3 is 1. The highest BCUT2D eigenvalue weighted by atomic mass is 16.5. The number of carbonyl (C=O) groups excluding carboxylic acids is 1. The molecule has 1 aromatic rings. The first-order valence-corrected chi connectivity index (χ1v) is 10.0. The molecule has 0 aromatic heterocycles. The normalized spacial score (nSPS) is 22.0. The lowest BCUT2D eigenvalue weighted by Gasteiger charge is -2.46. The van der Waals surface area contributed by atoms with Gasteiger partial charge in [0.25, 0.3) is 0 Å². The molecule has 2 aliphatic rings. The lowest BCUT2D eigenvalue weighted by molar-refractivity contribution is -0.154. The van der Waals surface area contributed by atoms with Crippen LogP contribution >= 0.6 is 0 Å². The average Bonchev–Trinajstić information content (AvgIpc) is 2.70. The summed E-state index contributed by atoms with van der Waals surface area (Å²) in [5, 5.41) is 3.04. The SMILES string of the molecule is COCCOC1CCOC2(CCN(C(=O)NCCc3ccccc3)CC2)C1. The van der Waals surface area contributed by atoms with Gasteiger partial charge in [-0.25, -0.2) is 4.79 Å². The number of hydrogen-bond donors (Lipinski definition) is 1. The number of ether oxygens (including phenoxy) is 3. The zero-order valence-corrected chi connectivity index (χ0v) is 16.3. The Kier molecular flexibility index (Phi) is 7.50. The highest BCUT2D eigenvalue weighted by Gasteiger charge is 2.41. The molecule has 2 fully saturated rings. The third-order valence-corrected chi connectivity index (χ3v) is 5.58. The van der Waals surface area contributed by atoms with Gasteiger partial charge >= 0.3 is 6.03 Å². The number of urea groups is 1. The molecule has 150 valence electrons. The van der Waals surface area contributed by atoms with Crippen LogP contribution in [0.3, 0.4) is 0 Å². The Morgan fingerprint density at radius 2 is 2.04 bits per heavy atom. The first-order chi connectivity index (χ1) is 13.2. The number of piperidine rings is 1. The van der Waals surface area contributed by atoms with Crippen LogP contribution in [0.1, 0.15) is 31.2 Å². The molecule has 1 N–H and O–H groups in total. The maximum Gasteiger partial charge on any atom is 0.317 e. The number of carbonyl (C=O) groups is 1. The van der Waals surface area contributed by atoms with Gasteiger partial charge in [-0.15, -0.1) is 0 Å². The van der Waals surface area contributed by atoms with Crippen molar-refractivity contribution in [3.8, 4) is 0 Å². The fourth-order valence-electron chi connectivity index (χ4n) is 3.96. The van der Waals surface area contributed by atoms with E-state index in [1.54, 1.807) is 7.11 Å². The van der Waals surface area contributed by atoms with Crippen molar-refractivity contribution in [1.82, 2.24) is 10.2 Å². The summed E-state index contributed by atoms with van der Waals surface area (Å²) in [6.07, 6.45) is 4.70. The zero-order chi connectivity index (χ0) is 19.0. The largest absolute Gasteiger partial charge is 0.382 e. The van der Waals surface area contributed by atoms with E-state index < -0.39 is 0 Å². The standard InChI is InChI=1S/C21H32N2O4/c1-25-15-16-26-19-8-14-27-21(17-19)9-12-23(13-10-21)20(24)22-11-7-18-5-3-2-4-6-18/h2-6,19H,7-17H2,1H3,(H,22,24). The van der Waals surface area contributed by atoms with Gasteiger partial charge in [0, 0.05) is 39.8 Å². The molecule has 0 saturated carbocycles. The lowest BCUT2D eigenvalue weighted by atomic mass is 9.83. The fourth-order valence-corrected chi connectivity index (χ4v) is 3.96. The molecule has 0 aliphatic carbocycles. The molecule has 27 heavy (non-hydrogen) atoms. The minimum absolute atomic E-state index is 0.0319. The summed E-state index contributed by atoms with van der Waals surface area (Å²) in [5.74, 6) is 0. The Labute approximate surface area is 162 Å². The summed E-state index contributed by atoms with van der Waals surface area (Å²) < 4.78 is 17.1. The topological polar surface area (TPSA) is 60.0 Å². The summed E-state index contributed by atoms with van der Waals surface area (Å²) in [7, 11) is 1.69. The zero-order valence-electron chi connectivity index (χ0n) is 16.3. The average molecular weight is 376 g/mol. The molecule has 2 heterocycles. The van der Waals surface area contributed by atoms with Crippen molar-refractivity contribution in [2.45, 2.75) is 43.8 Å². The van der Waals surface area contributed by atoms with Gasteiger partial charge in [-0.05, 0) is 31.2 Å². The van der Waals surface area contributed by atoms with Crippen molar-refractivity contribution in [2.75, 3.05) is 46.6 Å². The van der Waals surface area contributed by atoms with Crippen molar-refractivity contribution >= 4 is 6.03 Å². The van der Waals surface area contributed by atoms with Gasteiger partial charge in [-0.2, -0.15) is 0 Å². The van der Waals surface area contributed by atoms with Gasteiger partial charge in [-0.3, -0.25) is 0 Å². The van der Waals surface area contributed by atoms with E-state index in [0.29, 0.717) is 19.8 Å². The monoisotopic (exact) mass is 376 g/mol. The van der Waals surface area contributed by atoms with E-state index in [1.807, 2.05) is 23.1 Å². The van der Waals surface area contributed by atoms with Gasteiger partial charge in [-0.1, -0.05) is 30.3 Å². The number of nitrogens with zero attached hydrogens (tertiary/aromatic N) is 1. The smallest absolute Gasteiger partial charge is 0.317 e. The van der Waals surface area contributed by atoms with Crippen LogP contribution in [0.5, 0.6) is 0 Å². The Morgan fingerprint density at radius 3 is 2.78 bits per heavy atom. The number of nitrogens with one attached hydrogen (secondary N) is 1. The molecule has 1 aromatic carbocycles. The van der Waals surface area contributed by atoms with Crippen molar-refractivity contribution in [1.29, 1.82) is 0 Å². The Bertz CT molecular complexity index is 573. The van der Waals surface area contributed by atoms with E-state index in [0.717, 1.165) is 51.8 Å². The van der Waals surface area contributed by atoms with Crippen LogP contribution in [0.4, 0.5) is 4.79 Å². The van der Waals surface area contributed by atoms with E-state index in [1.165, 1.54) is 5.56 Å². The molecule has 0 radical (unpaired) electrons. The van der Waals surface area contributed by atoms with Crippen LogP contribution in [0.25, 0.3) is 0 Å². The van der Waals surface area contributed by atoms with E-state index in [9.17, 15) is 4.79 Å². The van der Waals surface area contributed by atoms with Crippen molar-refractivity contribution in [2.24, 2.45) is 0 Å². The van der Waals surface area contributed by atoms with Crippen molar-refractivity contribution < 1.29 is 19.0 Å². The highest BCUT2D eigenvalue weighted by Crippen LogP contribution is 2.36. The number of likely N-dealkylation sites (tertiary alicyclic amines) is 1. The molecule has 1 unspecified atom stereocenters. The number of amides is 2. The van der Waals surface area contributed by atoms with E-state index in [2.05, 4.69) is 17.4 Å². The molecule has 3 rings (SSSR count). The quantitative estimate of drug-likeness (QED) is 0.743. The third-order valence-electron chi connectivity index (χ3n) is 5.58. The number of hydrogen-bond acceptors (Lipinski definition) is 4. The van der Waals surface area contributed by atoms with Gasteiger partial charge in [0.15, 0.2) is 0 Å². The first kappa shape index (κ1) is 20.1.